The van der Waals surface area contributed by atoms with Gasteiger partial charge in [0.15, 0.2) is 0 Å². The van der Waals surface area contributed by atoms with E-state index in [0.29, 0.717) is 5.92 Å². The lowest BCUT2D eigenvalue weighted by atomic mass is 9.94. The Bertz CT molecular complexity index is 244. The summed E-state index contributed by atoms with van der Waals surface area (Å²) in [7, 11) is 0. The summed E-state index contributed by atoms with van der Waals surface area (Å²) in [4.78, 5) is 3.15. The molecular formula is C11H18N2S. The molecular weight excluding hydrogens is 192 g/mol. The second-order valence-electron chi connectivity index (χ2n) is 3.83. The molecule has 0 spiro atoms. The minimum atomic E-state index is -0.00292. The van der Waals surface area contributed by atoms with E-state index in [1.807, 2.05) is 6.92 Å². The number of hydrogen-bond acceptors (Lipinski definition) is 2. The molecule has 1 fully saturated rings. The van der Waals surface area contributed by atoms with Crippen LogP contribution in [-0.4, -0.2) is 22.5 Å². The van der Waals surface area contributed by atoms with Crippen molar-refractivity contribution in [2.24, 2.45) is 5.92 Å². The van der Waals surface area contributed by atoms with E-state index < -0.39 is 0 Å². The fourth-order valence-electron chi connectivity index (χ4n) is 2.05. The van der Waals surface area contributed by atoms with Gasteiger partial charge in [0.25, 0.3) is 0 Å². The molecule has 3 heteroatoms. The summed E-state index contributed by atoms with van der Waals surface area (Å²) >= 11 is 5.43. The number of hydrogen-bond donors (Lipinski definition) is 0. The molecule has 14 heavy (non-hydrogen) atoms. The molecule has 0 aromatic heterocycles. The molecule has 1 aliphatic rings. The van der Waals surface area contributed by atoms with Gasteiger partial charge in [-0.25, -0.2) is 0 Å². The Balaban J connectivity index is 2.69. The second kappa shape index (κ2) is 5.31. The van der Waals surface area contributed by atoms with E-state index >= 15 is 0 Å². The third-order valence-corrected chi connectivity index (χ3v) is 3.56. The highest BCUT2D eigenvalue weighted by atomic mass is 32.1. The van der Waals surface area contributed by atoms with Crippen LogP contribution in [0, 0.1) is 17.2 Å². The average molecular weight is 210 g/mol. The van der Waals surface area contributed by atoms with Crippen molar-refractivity contribution in [2.45, 2.75) is 45.6 Å². The third kappa shape index (κ3) is 2.24. The van der Waals surface area contributed by atoms with Crippen molar-refractivity contribution >= 4 is 17.2 Å². The Hall–Kier alpha value is -0.620. The lowest BCUT2D eigenvalue weighted by molar-refractivity contribution is 0.295. The van der Waals surface area contributed by atoms with Crippen LogP contribution >= 0.6 is 12.2 Å². The van der Waals surface area contributed by atoms with Gasteiger partial charge in [-0.15, -0.1) is 0 Å². The SMILES string of the molecule is CCC1CCCN(C(C#N)CC)C1=S. The van der Waals surface area contributed by atoms with Crippen LogP contribution in [0.1, 0.15) is 39.5 Å². The number of likely N-dealkylation sites (tertiary alicyclic amines) is 1. The fourth-order valence-corrected chi connectivity index (χ4v) is 2.55. The number of piperidine rings is 1. The van der Waals surface area contributed by atoms with Gasteiger partial charge in [0.05, 0.1) is 11.1 Å². The maximum Gasteiger partial charge on any atom is 0.117 e. The zero-order valence-electron chi connectivity index (χ0n) is 8.99. The molecule has 0 bridgehead atoms. The van der Waals surface area contributed by atoms with Crippen LogP contribution in [0.4, 0.5) is 0 Å². The Morgan fingerprint density at radius 2 is 2.36 bits per heavy atom. The number of nitrogens with zero attached hydrogens (tertiary/aromatic N) is 2. The molecule has 0 aromatic carbocycles. The molecule has 0 saturated carbocycles. The first-order valence-electron chi connectivity index (χ1n) is 5.44. The Kier molecular flexibility index (Phi) is 4.34. The molecule has 1 heterocycles. The lowest BCUT2D eigenvalue weighted by Gasteiger charge is -2.37. The fraction of sp³-hybridized carbons (Fsp3) is 0.818. The van der Waals surface area contributed by atoms with Crippen LogP contribution in [0.15, 0.2) is 0 Å². The summed E-state index contributed by atoms with van der Waals surface area (Å²) in [5.41, 5.74) is 0. The monoisotopic (exact) mass is 210 g/mol. The van der Waals surface area contributed by atoms with Crippen LogP contribution in [0.3, 0.4) is 0 Å². The molecule has 1 aliphatic heterocycles. The van der Waals surface area contributed by atoms with Gasteiger partial charge in [-0.1, -0.05) is 26.1 Å². The van der Waals surface area contributed by atoms with Crippen molar-refractivity contribution in [3.05, 3.63) is 0 Å². The van der Waals surface area contributed by atoms with Crippen LogP contribution in [0.5, 0.6) is 0 Å². The summed E-state index contributed by atoms with van der Waals surface area (Å²) in [6.07, 6.45) is 4.36. The van der Waals surface area contributed by atoms with E-state index in [-0.39, 0.29) is 6.04 Å². The summed E-state index contributed by atoms with van der Waals surface area (Å²) in [5.74, 6) is 0.529. The van der Waals surface area contributed by atoms with Gasteiger partial charge in [0, 0.05) is 12.5 Å². The van der Waals surface area contributed by atoms with Crippen LogP contribution in [0.25, 0.3) is 0 Å². The molecule has 1 rings (SSSR count). The normalized spacial score (nSPS) is 24.5. The van der Waals surface area contributed by atoms with E-state index in [9.17, 15) is 0 Å². The Labute approximate surface area is 91.9 Å². The summed E-state index contributed by atoms with van der Waals surface area (Å²) < 4.78 is 0. The van der Waals surface area contributed by atoms with E-state index in [2.05, 4.69) is 17.9 Å². The van der Waals surface area contributed by atoms with Gasteiger partial charge < -0.3 is 4.90 Å². The summed E-state index contributed by atoms with van der Waals surface area (Å²) in [5, 5.41) is 9.00. The van der Waals surface area contributed by atoms with Crippen LogP contribution in [-0.2, 0) is 0 Å². The zero-order valence-corrected chi connectivity index (χ0v) is 9.81. The first-order valence-corrected chi connectivity index (χ1v) is 5.85. The highest BCUT2D eigenvalue weighted by Crippen LogP contribution is 2.24. The predicted molar refractivity (Wildman–Crippen MR) is 62.0 cm³/mol. The molecule has 0 aromatic rings. The van der Waals surface area contributed by atoms with Crippen molar-refractivity contribution in [1.29, 1.82) is 5.26 Å². The lowest BCUT2D eigenvalue weighted by Crippen LogP contribution is -2.45. The molecule has 0 radical (unpaired) electrons. The van der Waals surface area contributed by atoms with E-state index in [4.69, 9.17) is 17.5 Å². The quantitative estimate of drug-likeness (QED) is 0.670. The molecule has 2 nitrogen and oxygen atoms in total. The second-order valence-corrected chi connectivity index (χ2v) is 4.25. The minimum Gasteiger partial charge on any atom is -0.350 e. The third-order valence-electron chi connectivity index (χ3n) is 2.99. The molecule has 2 atom stereocenters. The Morgan fingerprint density at radius 1 is 1.64 bits per heavy atom. The van der Waals surface area contributed by atoms with Gasteiger partial charge in [-0.3, -0.25) is 0 Å². The highest BCUT2D eigenvalue weighted by Gasteiger charge is 2.27. The zero-order chi connectivity index (χ0) is 10.6. The van der Waals surface area contributed by atoms with Gasteiger partial charge in [0.1, 0.15) is 6.04 Å². The molecule has 0 amide bonds. The molecule has 2 unspecified atom stereocenters. The first-order chi connectivity index (χ1) is 6.74. The van der Waals surface area contributed by atoms with Crippen molar-refractivity contribution in [2.75, 3.05) is 6.54 Å². The maximum absolute atomic E-state index is 9.00. The summed E-state index contributed by atoms with van der Waals surface area (Å²) in [6, 6.07) is 2.33. The van der Waals surface area contributed by atoms with Crippen LogP contribution < -0.4 is 0 Å². The minimum absolute atomic E-state index is 0.00292. The maximum atomic E-state index is 9.00. The van der Waals surface area contributed by atoms with Crippen molar-refractivity contribution < 1.29 is 0 Å². The van der Waals surface area contributed by atoms with Gasteiger partial charge in [-0.05, 0) is 25.7 Å². The van der Waals surface area contributed by atoms with E-state index in [1.54, 1.807) is 0 Å². The van der Waals surface area contributed by atoms with Crippen molar-refractivity contribution in [1.82, 2.24) is 4.90 Å². The molecule has 1 saturated heterocycles. The first kappa shape index (κ1) is 11.5. The van der Waals surface area contributed by atoms with Gasteiger partial charge in [-0.2, -0.15) is 5.26 Å². The van der Waals surface area contributed by atoms with Crippen molar-refractivity contribution in [3.8, 4) is 6.07 Å². The molecule has 78 valence electrons. The standard InChI is InChI=1S/C11H18N2S/c1-3-9-6-5-7-13(11(9)14)10(4-2)8-12/h9-10H,3-7H2,1-2H3. The predicted octanol–water partition coefficient (Wildman–Crippen LogP) is 2.74. The average Bonchev–Trinajstić information content (AvgIpc) is 2.22. The molecule has 0 N–H and O–H groups in total. The topological polar surface area (TPSA) is 27.0 Å². The molecule has 0 aliphatic carbocycles. The number of rotatable bonds is 3. The van der Waals surface area contributed by atoms with Gasteiger partial charge in [0.2, 0.25) is 0 Å². The number of thiocarbonyl (C=S) groups is 1. The smallest absolute Gasteiger partial charge is 0.117 e. The van der Waals surface area contributed by atoms with Crippen LogP contribution in [0.2, 0.25) is 0 Å². The van der Waals surface area contributed by atoms with E-state index in [0.717, 1.165) is 24.4 Å². The van der Waals surface area contributed by atoms with E-state index in [1.165, 1.54) is 12.8 Å². The van der Waals surface area contributed by atoms with Crippen molar-refractivity contribution in [3.63, 3.8) is 0 Å². The highest BCUT2D eigenvalue weighted by molar-refractivity contribution is 7.80. The number of nitriles is 1. The Morgan fingerprint density at radius 3 is 2.86 bits per heavy atom. The largest absolute Gasteiger partial charge is 0.350 e. The summed E-state index contributed by atoms with van der Waals surface area (Å²) in [6.45, 7) is 5.20. The van der Waals surface area contributed by atoms with Gasteiger partial charge >= 0.3 is 0 Å².